The number of amides is 1. The summed E-state index contributed by atoms with van der Waals surface area (Å²) in [4.78, 5) is 29.8. The third-order valence-electron chi connectivity index (χ3n) is 7.82. The van der Waals surface area contributed by atoms with Gasteiger partial charge in [-0.1, -0.05) is 0 Å². The lowest BCUT2D eigenvalue weighted by atomic mass is 9.96. The van der Waals surface area contributed by atoms with Gasteiger partial charge in [-0.15, -0.1) is 11.8 Å². The Morgan fingerprint density at radius 1 is 1.26 bits per heavy atom. The molecule has 3 fully saturated rings. The summed E-state index contributed by atoms with van der Waals surface area (Å²) < 4.78 is 5.44. The van der Waals surface area contributed by atoms with Gasteiger partial charge in [0.25, 0.3) is 0 Å². The maximum atomic E-state index is 13.2. The van der Waals surface area contributed by atoms with Crippen LogP contribution < -0.4 is 10.2 Å². The number of hydrogen-bond donors (Lipinski definition) is 2. The van der Waals surface area contributed by atoms with E-state index in [0.29, 0.717) is 24.7 Å². The number of anilines is 3. The van der Waals surface area contributed by atoms with E-state index < -0.39 is 0 Å². The highest BCUT2D eigenvalue weighted by molar-refractivity contribution is 7.99. The van der Waals surface area contributed by atoms with Gasteiger partial charge in [0.15, 0.2) is 5.82 Å². The summed E-state index contributed by atoms with van der Waals surface area (Å²) in [6.45, 7) is 5.66. The molecule has 0 spiro atoms. The zero-order valence-corrected chi connectivity index (χ0v) is 21.3. The Hall–Kier alpha value is -2.37. The summed E-state index contributed by atoms with van der Waals surface area (Å²) >= 11 is 1.80. The molecule has 1 unspecified atom stereocenters. The van der Waals surface area contributed by atoms with Crippen LogP contribution in [0.15, 0.2) is 11.1 Å². The highest BCUT2D eigenvalue weighted by Gasteiger charge is 2.44. The number of fused-ring (bicyclic) bond motifs is 3. The second-order valence-corrected chi connectivity index (χ2v) is 11.2. The minimum atomic E-state index is 0.284. The Bertz CT molecular complexity index is 1070. The largest absolute Gasteiger partial charge is 0.379 e. The molecule has 3 saturated heterocycles. The smallest absolute Gasteiger partial charge is 0.237 e. The summed E-state index contributed by atoms with van der Waals surface area (Å²) in [5.41, 5.74) is 2.19. The lowest BCUT2D eigenvalue weighted by molar-refractivity contribution is -0.138. The average Bonchev–Trinajstić information content (AvgIpc) is 3.56. The van der Waals surface area contributed by atoms with Gasteiger partial charge in [-0.2, -0.15) is 10.1 Å². The van der Waals surface area contributed by atoms with Crippen LogP contribution in [0.1, 0.15) is 36.9 Å². The van der Waals surface area contributed by atoms with Crippen LogP contribution in [0.2, 0.25) is 0 Å². The molecular weight excluding hydrogens is 464 g/mol. The van der Waals surface area contributed by atoms with Crippen LogP contribution in [-0.2, 0) is 16.0 Å². The fraction of sp³-hybridized carbons (Fsp3) is 0.667. The lowest BCUT2D eigenvalue weighted by Crippen LogP contribution is -2.55. The Kier molecular flexibility index (Phi) is 6.32. The first-order valence-electron chi connectivity index (χ1n) is 12.7. The van der Waals surface area contributed by atoms with Crippen LogP contribution in [0.25, 0.3) is 0 Å². The van der Waals surface area contributed by atoms with Crippen LogP contribution in [0.3, 0.4) is 0 Å². The average molecular weight is 499 g/mol. The Labute approximate surface area is 210 Å². The molecule has 6 rings (SSSR count). The minimum absolute atomic E-state index is 0.284. The van der Waals surface area contributed by atoms with Gasteiger partial charge in [-0.3, -0.25) is 14.8 Å². The van der Waals surface area contributed by atoms with Crippen molar-refractivity contribution in [1.82, 2.24) is 30.0 Å². The van der Waals surface area contributed by atoms with Crippen molar-refractivity contribution in [2.45, 2.75) is 62.2 Å². The van der Waals surface area contributed by atoms with Crippen LogP contribution in [0.5, 0.6) is 0 Å². The van der Waals surface area contributed by atoms with E-state index in [1.165, 1.54) is 5.56 Å². The van der Waals surface area contributed by atoms with E-state index in [9.17, 15) is 4.79 Å². The third-order valence-corrected chi connectivity index (χ3v) is 8.84. The number of nitrogens with one attached hydrogen (secondary N) is 2. The summed E-state index contributed by atoms with van der Waals surface area (Å²) in [5, 5.41) is 11.8. The second-order valence-electron chi connectivity index (χ2n) is 10.1. The molecule has 2 bridgehead atoms. The number of aromatic amines is 1. The third kappa shape index (κ3) is 4.61. The second kappa shape index (κ2) is 9.59. The number of thioether (sulfide) groups is 1. The molecule has 0 aromatic carbocycles. The number of rotatable bonds is 6. The number of aromatic nitrogens is 4. The van der Waals surface area contributed by atoms with Crippen LogP contribution in [0.4, 0.5) is 17.6 Å². The van der Waals surface area contributed by atoms with Gasteiger partial charge >= 0.3 is 0 Å². The number of morpholine rings is 1. The molecule has 2 N–H and O–H groups in total. The number of carbonyl (C=O) groups excluding carboxylic acids is 1. The lowest BCUT2D eigenvalue weighted by Gasteiger charge is -2.43. The van der Waals surface area contributed by atoms with Crippen LogP contribution in [-0.4, -0.2) is 99.6 Å². The zero-order valence-electron chi connectivity index (χ0n) is 20.5. The van der Waals surface area contributed by atoms with E-state index in [2.05, 4.69) is 37.3 Å². The van der Waals surface area contributed by atoms with Gasteiger partial charge in [0.2, 0.25) is 11.9 Å². The first kappa shape index (κ1) is 23.1. The molecule has 1 amide bonds. The highest BCUT2D eigenvalue weighted by atomic mass is 32.2. The molecule has 3 atom stereocenters. The maximum absolute atomic E-state index is 13.2. The molecule has 0 radical (unpaired) electrons. The van der Waals surface area contributed by atoms with Gasteiger partial charge in [-0.25, -0.2) is 4.98 Å². The summed E-state index contributed by atoms with van der Waals surface area (Å²) in [7, 11) is 2.11. The van der Waals surface area contributed by atoms with Gasteiger partial charge < -0.3 is 19.9 Å². The number of hydrogen-bond acceptors (Lipinski definition) is 9. The van der Waals surface area contributed by atoms with Crippen molar-refractivity contribution in [2.24, 2.45) is 0 Å². The van der Waals surface area contributed by atoms with Crippen molar-refractivity contribution in [3.63, 3.8) is 0 Å². The van der Waals surface area contributed by atoms with Gasteiger partial charge in [-0.05, 0) is 39.0 Å². The first-order chi connectivity index (χ1) is 17.0. The van der Waals surface area contributed by atoms with E-state index in [1.54, 1.807) is 11.8 Å². The Balaban J connectivity index is 1.17. The van der Waals surface area contributed by atoms with Crippen molar-refractivity contribution in [3.8, 4) is 0 Å². The van der Waals surface area contributed by atoms with Crippen molar-refractivity contribution >= 4 is 35.3 Å². The molecule has 2 aromatic heterocycles. The number of nitrogens with zero attached hydrogens (tertiary/aromatic N) is 6. The van der Waals surface area contributed by atoms with Gasteiger partial charge in [0.05, 0.1) is 19.8 Å². The van der Waals surface area contributed by atoms with E-state index in [0.717, 1.165) is 92.5 Å². The molecule has 4 aliphatic heterocycles. The first-order valence-corrected chi connectivity index (χ1v) is 13.7. The molecule has 188 valence electrons. The minimum Gasteiger partial charge on any atom is -0.379 e. The number of carbonyl (C=O) groups is 1. The molecule has 0 saturated carbocycles. The van der Waals surface area contributed by atoms with Crippen molar-refractivity contribution in [2.75, 3.05) is 55.9 Å². The Morgan fingerprint density at radius 3 is 2.74 bits per heavy atom. The summed E-state index contributed by atoms with van der Waals surface area (Å²) in [6.07, 6.45) is 5.09. The summed E-state index contributed by atoms with van der Waals surface area (Å²) in [5.74, 6) is 3.70. The number of ether oxygens (including phenoxy) is 1. The predicted molar refractivity (Wildman–Crippen MR) is 135 cm³/mol. The molecule has 2 aromatic rings. The van der Waals surface area contributed by atoms with Crippen molar-refractivity contribution in [3.05, 3.63) is 17.3 Å². The predicted octanol–water partition coefficient (Wildman–Crippen LogP) is 2.19. The SMILES string of the molecule is Cc1cc(Nc2nc(N(C)C3C[C@H]4CC[C@@H](C3)N4C(=O)CN3CCOCC3)nc3c2CCS3)n[nH]1. The normalized spacial score (nSPS) is 26.1. The molecular formula is C24H34N8O2S. The van der Waals surface area contributed by atoms with E-state index in [4.69, 9.17) is 14.7 Å². The van der Waals surface area contributed by atoms with Crippen molar-refractivity contribution in [1.29, 1.82) is 0 Å². The molecule has 35 heavy (non-hydrogen) atoms. The van der Waals surface area contributed by atoms with E-state index >= 15 is 0 Å². The molecule has 4 aliphatic rings. The number of H-pyrrole nitrogens is 1. The number of aryl methyl sites for hydroxylation is 1. The number of piperidine rings is 1. The van der Waals surface area contributed by atoms with E-state index in [-0.39, 0.29) is 5.91 Å². The van der Waals surface area contributed by atoms with Crippen molar-refractivity contribution < 1.29 is 9.53 Å². The fourth-order valence-electron chi connectivity index (χ4n) is 5.98. The van der Waals surface area contributed by atoms with Crippen LogP contribution in [0, 0.1) is 6.92 Å². The fourth-order valence-corrected chi connectivity index (χ4v) is 7.00. The monoisotopic (exact) mass is 498 g/mol. The van der Waals surface area contributed by atoms with Gasteiger partial charge in [0, 0.05) is 61.3 Å². The van der Waals surface area contributed by atoms with E-state index in [1.807, 2.05) is 13.0 Å². The maximum Gasteiger partial charge on any atom is 0.237 e. The zero-order chi connectivity index (χ0) is 23.9. The standard InChI is InChI=1S/C24H34N8O2S/c1-15-11-20(29-28-15)25-22-19-5-10-35-23(19)27-24(26-22)30(2)18-12-16-3-4-17(13-18)32(16)21(33)14-31-6-8-34-9-7-31/h11,16-18H,3-10,12-14H2,1-2H3,(H2,25,26,27,28,29)/t16-,17+,18?. The highest BCUT2D eigenvalue weighted by Crippen LogP contribution is 2.40. The quantitative estimate of drug-likeness (QED) is 0.580. The molecule has 11 heteroatoms. The summed E-state index contributed by atoms with van der Waals surface area (Å²) in [6, 6.07) is 2.93. The molecule has 0 aliphatic carbocycles. The van der Waals surface area contributed by atoms with Gasteiger partial charge in [0.1, 0.15) is 10.8 Å². The van der Waals surface area contributed by atoms with Crippen LogP contribution >= 0.6 is 11.8 Å². The molecule has 10 nitrogen and oxygen atoms in total. The topological polar surface area (TPSA) is 103 Å². The Morgan fingerprint density at radius 2 is 2.03 bits per heavy atom. The molecule has 6 heterocycles.